The Hall–Kier alpha value is -2.31. The maximum absolute atomic E-state index is 12.4. The fourth-order valence-corrected chi connectivity index (χ4v) is 2.76. The van der Waals surface area contributed by atoms with Gasteiger partial charge in [-0.1, -0.05) is 11.6 Å². The Bertz CT molecular complexity index is 759. The Morgan fingerprint density at radius 3 is 2.72 bits per heavy atom. The van der Waals surface area contributed by atoms with E-state index in [0.717, 1.165) is 11.3 Å². The van der Waals surface area contributed by atoms with Gasteiger partial charge in [0.15, 0.2) is 0 Å². The zero-order valence-corrected chi connectivity index (χ0v) is 15.0. The number of carbonyl (C=O) groups excluding carboxylic acids is 1. The number of amides is 1. The van der Waals surface area contributed by atoms with Crippen LogP contribution in [0.3, 0.4) is 0 Å². The van der Waals surface area contributed by atoms with Gasteiger partial charge in [-0.3, -0.25) is 4.79 Å². The number of anilines is 2. The molecule has 1 amide bonds. The van der Waals surface area contributed by atoms with Gasteiger partial charge in [-0.15, -0.1) is 0 Å². The number of aromatic nitrogens is 1. The van der Waals surface area contributed by atoms with Crippen LogP contribution in [0.1, 0.15) is 15.9 Å². The van der Waals surface area contributed by atoms with Crippen LogP contribution in [0, 0.1) is 6.92 Å². The van der Waals surface area contributed by atoms with Crippen molar-refractivity contribution in [3.8, 4) is 5.75 Å². The van der Waals surface area contributed by atoms with Crippen LogP contribution in [-0.2, 0) is 4.74 Å². The second-order valence-corrected chi connectivity index (χ2v) is 6.17. The molecule has 1 saturated heterocycles. The summed E-state index contributed by atoms with van der Waals surface area (Å²) in [6.45, 7) is 4.30. The van der Waals surface area contributed by atoms with Crippen molar-refractivity contribution in [1.82, 2.24) is 9.88 Å². The first kappa shape index (κ1) is 17.5. The number of nitrogens with zero attached hydrogens (tertiary/aromatic N) is 2. The molecular formula is C18H20ClN3O3. The predicted molar refractivity (Wildman–Crippen MR) is 97.0 cm³/mol. The number of aryl methyl sites for hydroxylation is 1. The number of benzene rings is 1. The van der Waals surface area contributed by atoms with Crippen molar-refractivity contribution < 1.29 is 14.3 Å². The van der Waals surface area contributed by atoms with Crippen LogP contribution in [0.15, 0.2) is 30.5 Å². The normalized spacial score (nSPS) is 14.3. The smallest absolute Gasteiger partial charge is 0.255 e. The first-order chi connectivity index (χ1) is 12.1. The summed E-state index contributed by atoms with van der Waals surface area (Å²) in [5, 5.41) is 3.84. The molecule has 1 N–H and O–H groups in total. The number of pyridine rings is 1. The number of hydrogen-bond donors (Lipinski definition) is 1. The average Bonchev–Trinajstić information content (AvgIpc) is 2.65. The topological polar surface area (TPSA) is 63.7 Å². The summed E-state index contributed by atoms with van der Waals surface area (Å²) in [5.41, 5.74) is 2.26. The van der Waals surface area contributed by atoms with E-state index in [1.807, 2.05) is 13.0 Å². The number of carbonyl (C=O) groups is 1. The first-order valence-electron chi connectivity index (χ1n) is 8.02. The largest absolute Gasteiger partial charge is 0.495 e. The van der Waals surface area contributed by atoms with Crippen LogP contribution < -0.4 is 10.1 Å². The lowest BCUT2D eigenvalue weighted by atomic mass is 10.2. The molecule has 1 aliphatic rings. The number of ether oxygens (including phenoxy) is 2. The maximum atomic E-state index is 12.4. The number of hydrogen-bond acceptors (Lipinski definition) is 5. The molecule has 3 rings (SSSR count). The van der Waals surface area contributed by atoms with Crippen molar-refractivity contribution in [2.45, 2.75) is 6.92 Å². The molecule has 25 heavy (non-hydrogen) atoms. The van der Waals surface area contributed by atoms with E-state index in [2.05, 4.69) is 10.3 Å². The Morgan fingerprint density at radius 2 is 2.08 bits per heavy atom. The summed E-state index contributed by atoms with van der Waals surface area (Å²) in [5.74, 6) is 1.23. The molecule has 132 valence electrons. The second-order valence-electron chi connectivity index (χ2n) is 5.76. The minimum Gasteiger partial charge on any atom is -0.495 e. The van der Waals surface area contributed by atoms with Gasteiger partial charge in [0.05, 0.1) is 31.6 Å². The zero-order valence-electron chi connectivity index (χ0n) is 14.2. The van der Waals surface area contributed by atoms with Gasteiger partial charge < -0.3 is 19.7 Å². The van der Waals surface area contributed by atoms with E-state index in [9.17, 15) is 4.79 Å². The fraction of sp³-hybridized carbons (Fsp3) is 0.333. The van der Waals surface area contributed by atoms with Crippen molar-refractivity contribution in [1.29, 1.82) is 0 Å². The summed E-state index contributed by atoms with van der Waals surface area (Å²) in [4.78, 5) is 18.5. The van der Waals surface area contributed by atoms with Gasteiger partial charge in [0.2, 0.25) is 0 Å². The number of nitrogens with one attached hydrogen (secondary N) is 1. The highest BCUT2D eigenvalue weighted by molar-refractivity contribution is 6.31. The Labute approximate surface area is 151 Å². The number of rotatable bonds is 4. The molecule has 1 fully saturated rings. The van der Waals surface area contributed by atoms with Gasteiger partial charge >= 0.3 is 0 Å². The van der Waals surface area contributed by atoms with E-state index in [-0.39, 0.29) is 5.91 Å². The Kier molecular flexibility index (Phi) is 5.40. The van der Waals surface area contributed by atoms with Crippen molar-refractivity contribution in [3.05, 3.63) is 46.6 Å². The second kappa shape index (κ2) is 7.72. The quantitative estimate of drug-likeness (QED) is 0.905. The summed E-state index contributed by atoms with van der Waals surface area (Å²) in [7, 11) is 1.59. The summed E-state index contributed by atoms with van der Waals surface area (Å²) in [6, 6.07) is 7.20. The molecule has 2 aromatic rings. The van der Waals surface area contributed by atoms with E-state index in [1.165, 1.54) is 0 Å². The molecule has 0 aliphatic carbocycles. The first-order valence-corrected chi connectivity index (χ1v) is 8.40. The van der Waals surface area contributed by atoms with Crippen LogP contribution in [0.5, 0.6) is 5.75 Å². The molecular weight excluding hydrogens is 342 g/mol. The lowest BCUT2D eigenvalue weighted by molar-refractivity contribution is 0.0302. The molecule has 2 heterocycles. The molecule has 0 atom stereocenters. The number of morpholine rings is 1. The molecule has 7 heteroatoms. The number of halogens is 1. The lowest BCUT2D eigenvalue weighted by Gasteiger charge is -2.26. The highest BCUT2D eigenvalue weighted by atomic mass is 35.5. The van der Waals surface area contributed by atoms with Gasteiger partial charge in [-0.25, -0.2) is 4.98 Å². The van der Waals surface area contributed by atoms with Crippen LogP contribution >= 0.6 is 11.6 Å². The Balaban J connectivity index is 1.75. The molecule has 0 unspecified atom stereocenters. The van der Waals surface area contributed by atoms with Gasteiger partial charge in [-0.05, 0) is 30.7 Å². The third kappa shape index (κ3) is 4.03. The van der Waals surface area contributed by atoms with Crippen molar-refractivity contribution >= 4 is 29.0 Å². The van der Waals surface area contributed by atoms with Crippen LogP contribution in [-0.4, -0.2) is 49.2 Å². The van der Waals surface area contributed by atoms with E-state index >= 15 is 0 Å². The van der Waals surface area contributed by atoms with E-state index < -0.39 is 0 Å². The third-order valence-electron chi connectivity index (χ3n) is 4.05. The van der Waals surface area contributed by atoms with Crippen molar-refractivity contribution in [2.24, 2.45) is 0 Å². The van der Waals surface area contributed by atoms with E-state index in [1.54, 1.807) is 36.4 Å². The van der Waals surface area contributed by atoms with Crippen LogP contribution in [0.4, 0.5) is 11.5 Å². The van der Waals surface area contributed by atoms with E-state index in [0.29, 0.717) is 48.5 Å². The maximum Gasteiger partial charge on any atom is 0.255 e. The molecule has 1 aromatic carbocycles. The molecule has 0 radical (unpaired) electrons. The number of methoxy groups -OCH3 is 1. The molecule has 6 nitrogen and oxygen atoms in total. The SMILES string of the molecule is COc1cc(Cl)c(C)cc1Nc1ccc(C(=O)N2CCOCC2)cn1. The molecule has 0 saturated carbocycles. The predicted octanol–water partition coefficient (Wildman–Crippen LogP) is 3.27. The summed E-state index contributed by atoms with van der Waals surface area (Å²) in [6.07, 6.45) is 1.58. The Morgan fingerprint density at radius 1 is 1.32 bits per heavy atom. The van der Waals surface area contributed by atoms with Gasteiger partial charge in [-0.2, -0.15) is 0 Å². The summed E-state index contributed by atoms with van der Waals surface area (Å²) < 4.78 is 10.6. The molecule has 0 spiro atoms. The van der Waals surface area contributed by atoms with Crippen LogP contribution in [0.25, 0.3) is 0 Å². The third-order valence-corrected chi connectivity index (χ3v) is 4.46. The summed E-state index contributed by atoms with van der Waals surface area (Å²) >= 11 is 6.12. The minimum absolute atomic E-state index is 0.0257. The van der Waals surface area contributed by atoms with Crippen molar-refractivity contribution in [3.63, 3.8) is 0 Å². The van der Waals surface area contributed by atoms with Gasteiger partial charge in [0.25, 0.3) is 5.91 Å². The highest BCUT2D eigenvalue weighted by Gasteiger charge is 2.18. The molecule has 1 aliphatic heterocycles. The zero-order chi connectivity index (χ0) is 17.8. The standard InChI is InChI=1S/C18H20ClN3O3/c1-12-9-15(16(24-2)10-14(12)19)21-17-4-3-13(11-20-17)18(23)22-5-7-25-8-6-22/h3-4,9-11H,5-8H2,1-2H3,(H,20,21). The van der Waals surface area contributed by atoms with Crippen molar-refractivity contribution in [2.75, 3.05) is 38.7 Å². The molecule has 1 aromatic heterocycles. The van der Waals surface area contributed by atoms with Crippen LogP contribution in [0.2, 0.25) is 5.02 Å². The monoisotopic (exact) mass is 361 g/mol. The van der Waals surface area contributed by atoms with Gasteiger partial charge in [0, 0.05) is 30.4 Å². The van der Waals surface area contributed by atoms with E-state index in [4.69, 9.17) is 21.1 Å². The fourth-order valence-electron chi connectivity index (χ4n) is 2.61. The molecule has 0 bridgehead atoms. The highest BCUT2D eigenvalue weighted by Crippen LogP contribution is 2.32. The average molecular weight is 362 g/mol. The van der Waals surface area contributed by atoms with Gasteiger partial charge in [0.1, 0.15) is 11.6 Å². The minimum atomic E-state index is -0.0257. The lowest BCUT2D eigenvalue weighted by Crippen LogP contribution is -2.40.